The third kappa shape index (κ3) is 6.75. The van der Waals surface area contributed by atoms with Gasteiger partial charge in [0, 0.05) is 29.6 Å². The van der Waals surface area contributed by atoms with Crippen LogP contribution in [0.5, 0.6) is 0 Å². The molecule has 0 unspecified atom stereocenters. The first-order valence-corrected chi connectivity index (χ1v) is 13.8. The smallest absolute Gasteiger partial charge is 0.279 e. The average Bonchev–Trinajstić information content (AvgIpc) is 3.51. The normalized spacial score (nSPS) is 14.5. The van der Waals surface area contributed by atoms with Crippen LogP contribution in [0.2, 0.25) is 5.02 Å². The molecule has 1 saturated carbocycles. The summed E-state index contributed by atoms with van der Waals surface area (Å²) in [5.74, 6) is -0.805. The molecule has 0 aliphatic heterocycles. The second-order valence-electron chi connectivity index (χ2n) is 8.78. The SMILES string of the molecule is CS(=O)(=O)c1ccc(C(=NOC2CCCC2)C(=O)Nc2ccn(Cc3ccc(C(N)=O)cc3)n2)cc1Cl. The van der Waals surface area contributed by atoms with Crippen molar-refractivity contribution in [2.45, 2.75) is 43.2 Å². The Morgan fingerprint density at radius 1 is 1.14 bits per heavy atom. The monoisotopic (exact) mass is 543 g/mol. The third-order valence-corrected chi connectivity index (χ3v) is 7.46. The van der Waals surface area contributed by atoms with Crippen LogP contribution in [-0.2, 0) is 26.0 Å². The molecule has 2 aromatic carbocycles. The van der Waals surface area contributed by atoms with Gasteiger partial charge in [0.25, 0.3) is 5.91 Å². The van der Waals surface area contributed by atoms with Gasteiger partial charge < -0.3 is 15.9 Å². The minimum atomic E-state index is -3.54. The van der Waals surface area contributed by atoms with E-state index in [0.717, 1.165) is 37.5 Å². The maximum absolute atomic E-state index is 13.2. The molecule has 0 spiro atoms. The fourth-order valence-corrected chi connectivity index (χ4v) is 5.28. The number of hydrogen-bond donors (Lipinski definition) is 2. The van der Waals surface area contributed by atoms with Gasteiger partial charge in [-0.2, -0.15) is 5.10 Å². The molecule has 0 saturated heterocycles. The van der Waals surface area contributed by atoms with E-state index in [1.165, 1.54) is 18.2 Å². The molecule has 4 rings (SSSR count). The number of aromatic nitrogens is 2. The Hall–Kier alpha value is -3.70. The summed E-state index contributed by atoms with van der Waals surface area (Å²) in [5, 5.41) is 11.2. The van der Waals surface area contributed by atoms with E-state index in [4.69, 9.17) is 22.2 Å². The Balaban J connectivity index is 1.53. The van der Waals surface area contributed by atoms with E-state index in [1.54, 1.807) is 41.2 Å². The summed E-state index contributed by atoms with van der Waals surface area (Å²) in [5.41, 5.74) is 6.83. The number of sulfone groups is 1. The predicted octanol–water partition coefficient (Wildman–Crippen LogP) is 3.39. The minimum Gasteiger partial charge on any atom is -0.392 e. The molecular weight excluding hydrogens is 518 g/mol. The summed E-state index contributed by atoms with van der Waals surface area (Å²) in [6.45, 7) is 0.406. The first-order valence-electron chi connectivity index (χ1n) is 11.6. The van der Waals surface area contributed by atoms with E-state index in [0.29, 0.717) is 17.7 Å². The highest BCUT2D eigenvalue weighted by atomic mass is 35.5. The highest BCUT2D eigenvalue weighted by molar-refractivity contribution is 7.90. The number of nitrogens with two attached hydrogens (primary N) is 1. The molecule has 2 amide bonds. The predicted molar refractivity (Wildman–Crippen MR) is 139 cm³/mol. The van der Waals surface area contributed by atoms with Crippen LogP contribution in [0.25, 0.3) is 0 Å². The lowest BCUT2D eigenvalue weighted by Gasteiger charge is -2.11. The molecule has 1 fully saturated rings. The van der Waals surface area contributed by atoms with Crippen LogP contribution < -0.4 is 11.1 Å². The van der Waals surface area contributed by atoms with Gasteiger partial charge in [0.2, 0.25) is 5.91 Å². The first-order chi connectivity index (χ1) is 17.6. The second kappa shape index (κ2) is 11.1. The lowest BCUT2D eigenvalue weighted by molar-refractivity contribution is -0.110. The molecule has 1 aliphatic carbocycles. The minimum absolute atomic E-state index is 0.0204. The Kier molecular flexibility index (Phi) is 7.94. The van der Waals surface area contributed by atoms with E-state index in [-0.39, 0.29) is 27.6 Å². The summed E-state index contributed by atoms with van der Waals surface area (Å²) >= 11 is 6.21. The third-order valence-electron chi connectivity index (χ3n) is 5.88. The molecule has 3 aromatic rings. The number of halogens is 1. The number of nitrogens with zero attached hydrogens (tertiary/aromatic N) is 3. The number of anilines is 1. The van der Waals surface area contributed by atoms with E-state index < -0.39 is 21.7 Å². The molecule has 12 heteroatoms. The van der Waals surface area contributed by atoms with Crippen molar-refractivity contribution < 1.29 is 22.8 Å². The van der Waals surface area contributed by atoms with Crippen molar-refractivity contribution in [2.24, 2.45) is 10.9 Å². The van der Waals surface area contributed by atoms with Gasteiger partial charge in [-0.1, -0.05) is 35.0 Å². The molecule has 10 nitrogen and oxygen atoms in total. The molecule has 0 bridgehead atoms. The van der Waals surface area contributed by atoms with Crippen molar-refractivity contribution in [2.75, 3.05) is 11.6 Å². The van der Waals surface area contributed by atoms with Crippen molar-refractivity contribution in [1.29, 1.82) is 0 Å². The number of carbonyl (C=O) groups is 2. The summed E-state index contributed by atoms with van der Waals surface area (Å²) in [6.07, 6.45) is 6.41. The summed E-state index contributed by atoms with van der Waals surface area (Å²) < 4.78 is 25.5. The van der Waals surface area contributed by atoms with E-state index >= 15 is 0 Å². The van der Waals surface area contributed by atoms with Gasteiger partial charge in [-0.05, 0) is 55.5 Å². The van der Waals surface area contributed by atoms with Gasteiger partial charge >= 0.3 is 0 Å². The van der Waals surface area contributed by atoms with Crippen LogP contribution in [0.1, 0.15) is 47.2 Å². The first kappa shape index (κ1) is 26.4. The molecule has 194 valence electrons. The molecule has 1 aromatic heterocycles. The van der Waals surface area contributed by atoms with Crippen LogP contribution >= 0.6 is 11.6 Å². The molecule has 37 heavy (non-hydrogen) atoms. The lowest BCUT2D eigenvalue weighted by atomic mass is 10.1. The van der Waals surface area contributed by atoms with Gasteiger partial charge in [-0.25, -0.2) is 8.42 Å². The summed E-state index contributed by atoms with van der Waals surface area (Å²) in [6, 6.07) is 12.6. The molecule has 3 N–H and O–H groups in total. The zero-order valence-corrected chi connectivity index (χ0v) is 21.6. The van der Waals surface area contributed by atoms with E-state index in [2.05, 4.69) is 15.6 Å². The zero-order chi connectivity index (χ0) is 26.6. The van der Waals surface area contributed by atoms with Crippen LogP contribution in [0.4, 0.5) is 5.82 Å². The highest BCUT2D eigenvalue weighted by Gasteiger charge is 2.22. The van der Waals surface area contributed by atoms with Gasteiger partial charge in [-0.3, -0.25) is 14.3 Å². The number of primary amides is 1. The molecular formula is C25H26ClN5O5S. The fourth-order valence-electron chi connectivity index (χ4n) is 3.95. The fraction of sp³-hybridized carbons (Fsp3) is 0.280. The number of rotatable bonds is 9. The molecule has 1 aliphatic rings. The number of amides is 2. The van der Waals surface area contributed by atoms with Crippen molar-refractivity contribution >= 4 is 44.8 Å². The van der Waals surface area contributed by atoms with Gasteiger partial charge in [0.15, 0.2) is 21.4 Å². The maximum Gasteiger partial charge on any atom is 0.279 e. The Bertz CT molecular complexity index is 1440. The Labute approximate surface area is 219 Å². The molecule has 0 radical (unpaired) electrons. The Morgan fingerprint density at radius 2 is 1.81 bits per heavy atom. The second-order valence-corrected chi connectivity index (χ2v) is 11.2. The molecule has 1 heterocycles. The number of nitrogens with one attached hydrogen (secondary N) is 1. The van der Waals surface area contributed by atoms with Crippen LogP contribution in [0.3, 0.4) is 0 Å². The largest absolute Gasteiger partial charge is 0.392 e. The van der Waals surface area contributed by atoms with Crippen LogP contribution in [0, 0.1) is 0 Å². The maximum atomic E-state index is 13.2. The lowest BCUT2D eigenvalue weighted by Crippen LogP contribution is -2.25. The summed E-state index contributed by atoms with van der Waals surface area (Å²) in [7, 11) is -3.54. The average molecular weight is 544 g/mol. The zero-order valence-electron chi connectivity index (χ0n) is 20.1. The van der Waals surface area contributed by atoms with Gasteiger partial charge in [0.05, 0.1) is 16.5 Å². The van der Waals surface area contributed by atoms with E-state index in [9.17, 15) is 18.0 Å². The Morgan fingerprint density at radius 3 is 2.43 bits per heavy atom. The topological polar surface area (TPSA) is 146 Å². The van der Waals surface area contributed by atoms with Crippen molar-refractivity contribution in [3.63, 3.8) is 0 Å². The molecule has 0 atom stereocenters. The number of hydrogen-bond acceptors (Lipinski definition) is 7. The van der Waals surface area contributed by atoms with Crippen LogP contribution in [-0.4, -0.2) is 48.1 Å². The number of carbonyl (C=O) groups excluding carboxylic acids is 2. The van der Waals surface area contributed by atoms with Gasteiger partial charge in [0.1, 0.15) is 6.10 Å². The standard InChI is InChI=1S/C25H26ClN5O5S/c1-37(34,35)21-11-10-18(14-20(21)26)23(30-36-19-4-2-3-5-19)25(33)28-22-12-13-31(29-22)15-16-6-8-17(9-7-16)24(27)32/h6-14,19H,2-5,15H2,1H3,(H2,27,32)(H,28,29,33). The number of benzene rings is 2. The van der Waals surface area contributed by atoms with Gasteiger partial charge in [-0.15, -0.1) is 0 Å². The summed E-state index contributed by atoms with van der Waals surface area (Å²) in [4.78, 5) is 30.0. The van der Waals surface area contributed by atoms with Crippen molar-refractivity contribution in [1.82, 2.24) is 9.78 Å². The highest BCUT2D eigenvalue weighted by Crippen LogP contribution is 2.25. The van der Waals surface area contributed by atoms with E-state index in [1.807, 2.05) is 0 Å². The van der Waals surface area contributed by atoms with Crippen molar-refractivity contribution in [3.8, 4) is 0 Å². The quantitative estimate of drug-likeness (QED) is 0.312. The van der Waals surface area contributed by atoms with Crippen LogP contribution in [0.15, 0.2) is 64.8 Å². The van der Waals surface area contributed by atoms with Crippen molar-refractivity contribution in [3.05, 3.63) is 76.4 Å². The number of oxime groups is 1.